The second-order valence-electron chi connectivity index (χ2n) is 6.97. The van der Waals surface area contributed by atoms with Crippen LogP contribution < -0.4 is 23.9 Å². The number of hydrogen-bond donors (Lipinski definition) is 1. The van der Waals surface area contributed by atoms with Crippen LogP contribution in [0.1, 0.15) is 33.3 Å². The molecule has 0 fully saturated rings. The Morgan fingerprint density at radius 1 is 1.00 bits per heavy atom. The highest BCUT2D eigenvalue weighted by Crippen LogP contribution is 2.28. The maximum absolute atomic E-state index is 12.7. The van der Waals surface area contributed by atoms with Gasteiger partial charge in [-0.25, -0.2) is 13.8 Å². The van der Waals surface area contributed by atoms with Crippen LogP contribution in [0, 0.1) is 0 Å². The van der Waals surface area contributed by atoms with Crippen molar-refractivity contribution in [1.29, 1.82) is 0 Å². The molecule has 0 aliphatic heterocycles. The van der Waals surface area contributed by atoms with Crippen LogP contribution >= 0.6 is 0 Å². The zero-order valence-electron chi connectivity index (χ0n) is 19.6. The molecule has 10 heteroatoms. The van der Waals surface area contributed by atoms with Gasteiger partial charge in [0.15, 0.2) is 11.5 Å². The minimum Gasteiger partial charge on any atom is -0.494 e. The number of nitrogens with zero attached hydrogens (tertiary/aromatic N) is 2. The van der Waals surface area contributed by atoms with Crippen molar-refractivity contribution in [2.75, 3.05) is 30.4 Å². The lowest BCUT2D eigenvalue weighted by molar-refractivity contribution is -0.121. The number of amides is 1. The molecule has 0 aliphatic carbocycles. The molecule has 1 atom stereocenters. The zero-order chi connectivity index (χ0) is 24.4. The molecule has 2 aromatic carbocycles. The van der Waals surface area contributed by atoms with Crippen LogP contribution in [0.15, 0.2) is 47.6 Å². The molecular formula is C23H31N3O6S. The number of anilines is 1. The van der Waals surface area contributed by atoms with E-state index >= 15 is 0 Å². The van der Waals surface area contributed by atoms with Gasteiger partial charge in [-0.15, -0.1) is 0 Å². The summed E-state index contributed by atoms with van der Waals surface area (Å²) in [6, 6.07) is 10.7. The molecule has 9 nitrogen and oxygen atoms in total. The quantitative estimate of drug-likeness (QED) is 0.372. The second-order valence-corrected chi connectivity index (χ2v) is 8.83. The first-order chi connectivity index (χ1) is 15.7. The zero-order valence-corrected chi connectivity index (χ0v) is 20.4. The molecule has 0 heterocycles. The summed E-state index contributed by atoms with van der Waals surface area (Å²) < 4.78 is 42.4. The largest absolute Gasteiger partial charge is 0.494 e. The lowest BCUT2D eigenvalue weighted by Gasteiger charge is -2.27. The van der Waals surface area contributed by atoms with E-state index in [0.29, 0.717) is 48.3 Å². The normalized spacial score (nSPS) is 12.3. The Kier molecular flexibility index (Phi) is 9.53. The molecule has 2 aromatic rings. The number of sulfonamides is 1. The predicted octanol–water partition coefficient (Wildman–Crippen LogP) is 3.19. The highest BCUT2D eigenvalue weighted by atomic mass is 32.2. The summed E-state index contributed by atoms with van der Waals surface area (Å²) in [6.45, 7) is 8.58. The molecular weight excluding hydrogens is 446 g/mol. The summed E-state index contributed by atoms with van der Waals surface area (Å²) in [6.07, 6.45) is 2.50. The van der Waals surface area contributed by atoms with Crippen molar-refractivity contribution < 1.29 is 27.4 Å². The number of hydrogen-bond acceptors (Lipinski definition) is 7. The summed E-state index contributed by atoms with van der Waals surface area (Å²) in [4.78, 5) is 12.7. The molecule has 0 spiro atoms. The van der Waals surface area contributed by atoms with E-state index in [9.17, 15) is 13.2 Å². The average molecular weight is 478 g/mol. The third-order valence-electron chi connectivity index (χ3n) is 4.45. The van der Waals surface area contributed by atoms with Crippen LogP contribution in [-0.4, -0.2) is 52.7 Å². The van der Waals surface area contributed by atoms with E-state index in [4.69, 9.17) is 14.2 Å². The van der Waals surface area contributed by atoms with Crippen molar-refractivity contribution in [3.05, 3.63) is 48.0 Å². The number of ether oxygens (including phenoxy) is 3. The summed E-state index contributed by atoms with van der Waals surface area (Å²) >= 11 is 0. The van der Waals surface area contributed by atoms with E-state index in [1.807, 2.05) is 20.8 Å². The van der Waals surface area contributed by atoms with E-state index in [2.05, 4.69) is 10.5 Å². The van der Waals surface area contributed by atoms with Gasteiger partial charge in [0.25, 0.3) is 5.91 Å². The number of hydrazone groups is 1. The lowest BCUT2D eigenvalue weighted by Crippen LogP contribution is -2.46. The van der Waals surface area contributed by atoms with Crippen LogP contribution in [0.25, 0.3) is 0 Å². The van der Waals surface area contributed by atoms with Crippen LogP contribution in [0.4, 0.5) is 5.69 Å². The van der Waals surface area contributed by atoms with Crippen molar-refractivity contribution in [1.82, 2.24) is 5.43 Å². The molecule has 1 N–H and O–H groups in total. The maximum atomic E-state index is 12.7. The number of rotatable bonds is 12. The number of carbonyl (C=O) groups excluding carboxylic acids is 1. The van der Waals surface area contributed by atoms with Gasteiger partial charge in [-0.1, -0.05) is 0 Å². The highest BCUT2D eigenvalue weighted by molar-refractivity contribution is 7.92. The smallest absolute Gasteiger partial charge is 0.263 e. The summed E-state index contributed by atoms with van der Waals surface area (Å²) in [5, 5.41) is 3.97. The van der Waals surface area contributed by atoms with Gasteiger partial charge in [0.2, 0.25) is 10.0 Å². The average Bonchev–Trinajstić information content (AvgIpc) is 2.76. The second kappa shape index (κ2) is 12.1. The molecule has 0 unspecified atom stereocenters. The number of benzene rings is 2. The Bertz CT molecular complexity index is 1050. The van der Waals surface area contributed by atoms with E-state index in [1.54, 1.807) is 42.5 Å². The van der Waals surface area contributed by atoms with Gasteiger partial charge in [-0.05, 0) is 75.7 Å². The fourth-order valence-electron chi connectivity index (χ4n) is 3.08. The predicted molar refractivity (Wildman–Crippen MR) is 129 cm³/mol. The first-order valence-electron chi connectivity index (χ1n) is 10.7. The molecule has 0 aromatic heterocycles. The standard InChI is InChI=1S/C23H31N3O6S/c1-6-30-20-12-10-19(11-13-20)26(33(5,28)29)17(4)23(27)25-24-16-18-9-14-21(31-7-2)22(15-18)32-8-3/h9-17H,6-8H2,1-5H3,(H,25,27)/b24-16-/t17-/m0/s1. The van der Waals surface area contributed by atoms with Gasteiger partial charge in [0.1, 0.15) is 11.8 Å². The van der Waals surface area contributed by atoms with Crippen LogP contribution in [0.3, 0.4) is 0 Å². The Hall–Kier alpha value is -3.27. The molecule has 1 amide bonds. The maximum Gasteiger partial charge on any atom is 0.263 e. The Balaban J connectivity index is 2.15. The van der Waals surface area contributed by atoms with Gasteiger partial charge in [0.05, 0.1) is 38.0 Å². The summed E-state index contributed by atoms with van der Waals surface area (Å²) in [5.41, 5.74) is 3.43. The van der Waals surface area contributed by atoms with E-state index in [0.717, 1.165) is 10.6 Å². The van der Waals surface area contributed by atoms with Gasteiger partial charge in [0, 0.05) is 0 Å². The Morgan fingerprint density at radius 2 is 1.61 bits per heavy atom. The third-order valence-corrected chi connectivity index (χ3v) is 5.69. The lowest BCUT2D eigenvalue weighted by atomic mass is 10.2. The molecule has 0 radical (unpaired) electrons. The van der Waals surface area contributed by atoms with Gasteiger partial charge >= 0.3 is 0 Å². The van der Waals surface area contributed by atoms with Crippen molar-refractivity contribution in [3.8, 4) is 17.2 Å². The number of nitrogens with one attached hydrogen (secondary N) is 1. The van der Waals surface area contributed by atoms with Gasteiger partial charge < -0.3 is 14.2 Å². The van der Waals surface area contributed by atoms with Gasteiger partial charge in [-0.2, -0.15) is 5.10 Å². The van der Waals surface area contributed by atoms with Gasteiger partial charge in [-0.3, -0.25) is 9.10 Å². The van der Waals surface area contributed by atoms with E-state index < -0.39 is 22.0 Å². The number of carbonyl (C=O) groups is 1. The summed E-state index contributed by atoms with van der Waals surface area (Å²) in [7, 11) is -3.74. The van der Waals surface area contributed by atoms with Crippen LogP contribution in [0.2, 0.25) is 0 Å². The van der Waals surface area contributed by atoms with Crippen molar-refractivity contribution in [2.24, 2.45) is 5.10 Å². The molecule has 2 rings (SSSR count). The molecule has 33 heavy (non-hydrogen) atoms. The third kappa shape index (κ3) is 7.38. The Morgan fingerprint density at radius 3 is 2.18 bits per heavy atom. The topological polar surface area (TPSA) is 107 Å². The van der Waals surface area contributed by atoms with E-state index in [-0.39, 0.29) is 0 Å². The first kappa shape index (κ1) is 26.0. The van der Waals surface area contributed by atoms with Crippen molar-refractivity contribution >= 4 is 27.8 Å². The fraction of sp³-hybridized carbons (Fsp3) is 0.391. The molecule has 180 valence electrons. The molecule has 0 aliphatic rings. The minimum atomic E-state index is -3.74. The molecule has 0 bridgehead atoms. The summed E-state index contributed by atoms with van der Waals surface area (Å²) in [5.74, 6) is 1.22. The van der Waals surface area contributed by atoms with Crippen molar-refractivity contribution in [2.45, 2.75) is 33.7 Å². The SMILES string of the molecule is CCOc1ccc(N([C@@H](C)C(=O)N/N=C\c2ccc(OCC)c(OCC)c2)S(C)(=O)=O)cc1. The van der Waals surface area contributed by atoms with Crippen LogP contribution in [0.5, 0.6) is 17.2 Å². The van der Waals surface area contributed by atoms with Crippen molar-refractivity contribution in [3.63, 3.8) is 0 Å². The molecule has 0 saturated heterocycles. The van der Waals surface area contributed by atoms with E-state index in [1.165, 1.54) is 13.1 Å². The minimum absolute atomic E-state index is 0.348. The monoisotopic (exact) mass is 477 g/mol. The highest BCUT2D eigenvalue weighted by Gasteiger charge is 2.29. The fourth-order valence-corrected chi connectivity index (χ4v) is 4.25. The first-order valence-corrected chi connectivity index (χ1v) is 12.5. The van der Waals surface area contributed by atoms with Crippen LogP contribution in [-0.2, 0) is 14.8 Å². The molecule has 0 saturated carbocycles. The Labute approximate surface area is 195 Å².